The summed E-state index contributed by atoms with van der Waals surface area (Å²) in [5.41, 5.74) is 2.51. The number of anilines is 2. The topological polar surface area (TPSA) is 102 Å². The van der Waals surface area contributed by atoms with Crippen LogP contribution in [0.5, 0.6) is 11.5 Å². The first kappa shape index (κ1) is 21.4. The Morgan fingerprint density at radius 3 is 2.74 bits per heavy atom. The van der Waals surface area contributed by atoms with Gasteiger partial charge in [0.2, 0.25) is 12.7 Å². The number of aliphatic hydroxyl groups is 1. The number of amides is 1. The van der Waals surface area contributed by atoms with Crippen molar-refractivity contribution in [1.82, 2.24) is 14.8 Å². The molecule has 2 aromatic heterocycles. The number of fused-ring (bicyclic) bond motifs is 2. The standard InChI is InChI=1S/C26H25N5O4/c32-15-19-4-3-11-30(19)24-9-10-25(29-28-24)31-14-17(20-5-1-2-6-21(20)31)12-26(33)27-18-7-8-22-23(13-18)35-16-34-22/h1-2,5-10,13-14,19,32H,3-4,11-12,15-16H2,(H,27,33). The van der Waals surface area contributed by atoms with Gasteiger partial charge in [0.1, 0.15) is 0 Å². The van der Waals surface area contributed by atoms with E-state index in [9.17, 15) is 9.90 Å². The van der Waals surface area contributed by atoms with Crippen LogP contribution in [-0.4, -0.2) is 51.8 Å². The molecule has 178 valence electrons. The Labute approximate surface area is 201 Å². The predicted molar refractivity (Wildman–Crippen MR) is 131 cm³/mol. The third kappa shape index (κ3) is 4.04. The van der Waals surface area contributed by atoms with E-state index in [0.29, 0.717) is 23.0 Å². The Morgan fingerprint density at radius 1 is 1.06 bits per heavy atom. The fourth-order valence-electron chi connectivity index (χ4n) is 4.86. The van der Waals surface area contributed by atoms with E-state index in [-0.39, 0.29) is 31.8 Å². The van der Waals surface area contributed by atoms with Crippen LogP contribution in [-0.2, 0) is 11.2 Å². The number of nitrogens with one attached hydrogen (secondary N) is 1. The van der Waals surface area contributed by atoms with Crippen LogP contribution in [0.25, 0.3) is 16.7 Å². The molecule has 0 saturated carbocycles. The van der Waals surface area contributed by atoms with Gasteiger partial charge in [-0.05, 0) is 48.7 Å². The summed E-state index contributed by atoms with van der Waals surface area (Å²) in [5, 5.41) is 22.5. The molecular weight excluding hydrogens is 446 g/mol. The minimum Gasteiger partial charge on any atom is -0.454 e. The summed E-state index contributed by atoms with van der Waals surface area (Å²) >= 11 is 0. The molecule has 1 unspecified atom stereocenters. The lowest BCUT2D eigenvalue weighted by Gasteiger charge is -2.23. The molecule has 9 heteroatoms. The molecule has 1 atom stereocenters. The Morgan fingerprint density at radius 2 is 1.89 bits per heavy atom. The van der Waals surface area contributed by atoms with Crippen LogP contribution < -0.4 is 19.7 Å². The van der Waals surface area contributed by atoms with Gasteiger partial charge in [0.15, 0.2) is 23.1 Å². The molecule has 2 N–H and O–H groups in total. The van der Waals surface area contributed by atoms with E-state index < -0.39 is 0 Å². The first-order valence-electron chi connectivity index (χ1n) is 11.7. The summed E-state index contributed by atoms with van der Waals surface area (Å²) in [5.74, 6) is 2.62. The van der Waals surface area contributed by atoms with E-state index in [1.54, 1.807) is 18.2 Å². The molecule has 2 aliphatic rings. The van der Waals surface area contributed by atoms with E-state index in [2.05, 4.69) is 20.4 Å². The van der Waals surface area contributed by atoms with Crippen molar-refractivity contribution in [2.45, 2.75) is 25.3 Å². The zero-order chi connectivity index (χ0) is 23.8. The lowest BCUT2D eigenvalue weighted by atomic mass is 10.1. The van der Waals surface area contributed by atoms with E-state index >= 15 is 0 Å². The maximum absolute atomic E-state index is 12.9. The van der Waals surface area contributed by atoms with E-state index in [1.807, 2.05) is 47.2 Å². The van der Waals surface area contributed by atoms with Crippen LogP contribution in [0.3, 0.4) is 0 Å². The van der Waals surface area contributed by atoms with Gasteiger partial charge in [0.25, 0.3) is 0 Å². The second kappa shape index (κ2) is 8.92. The quantitative estimate of drug-likeness (QED) is 0.445. The van der Waals surface area contributed by atoms with Crippen molar-refractivity contribution in [1.29, 1.82) is 0 Å². The Hall–Kier alpha value is -4.11. The molecule has 35 heavy (non-hydrogen) atoms. The predicted octanol–water partition coefficient (Wildman–Crippen LogP) is 3.29. The van der Waals surface area contributed by atoms with Gasteiger partial charge < -0.3 is 24.8 Å². The van der Waals surface area contributed by atoms with Crippen LogP contribution >= 0.6 is 0 Å². The van der Waals surface area contributed by atoms with Crippen molar-refractivity contribution in [2.75, 3.05) is 30.2 Å². The molecule has 0 aliphatic carbocycles. The maximum Gasteiger partial charge on any atom is 0.231 e. The van der Waals surface area contributed by atoms with E-state index in [1.165, 1.54) is 0 Å². The summed E-state index contributed by atoms with van der Waals surface area (Å²) in [4.78, 5) is 15.0. The summed E-state index contributed by atoms with van der Waals surface area (Å²) in [6, 6.07) is 17.3. The largest absolute Gasteiger partial charge is 0.454 e. The first-order chi connectivity index (χ1) is 17.2. The van der Waals surface area contributed by atoms with Crippen molar-refractivity contribution in [3.8, 4) is 17.3 Å². The number of aliphatic hydroxyl groups excluding tert-OH is 1. The molecule has 0 spiro atoms. The summed E-state index contributed by atoms with van der Waals surface area (Å²) in [7, 11) is 0. The van der Waals surface area contributed by atoms with Crippen molar-refractivity contribution in [3.63, 3.8) is 0 Å². The third-order valence-corrected chi connectivity index (χ3v) is 6.57. The Kier molecular flexibility index (Phi) is 5.46. The fraction of sp³-hybridized carbons (Fsp3) is 0.269. The number of rotatable bonds is 6. The van der Waals surface area contributed by atoms with Gasteiger partial charge in [-0.1, -0.05) is 18.2 Å². The Bertz CT molecular complexity index is 1380. The van der Waals surface area contributed by atoms with Gasteiger partial charge in [-0.2, -0.15) is 0 Å². The molecule has 2 aliphatic heterocycles. The number of nitrogens with zero attached hydrogens (tertiary/aromatic N) is 4. The van der Waals surface area contributed by atoms with Crippen LogP contribution in [0.2, 0.25) is 0 Å². The maximum atomic E-state index is 12.9. The zero-order valence-corrected chi connectivity index (χ0v) is 19.1. The van der Waals surface area contributed by atoms with Crippen molar-refractivity contribution in [2.24, 2.45) is 0 Å². The average molecular weight is 472 g/mol. The molecule has 1 saturated heterocycles. The second-order valence-electron chi connectivity index (χ2n) is 8.76. The third-order valence-electron chi connectivity index (χ3n) is 6.57. The second-order valence-corrected chi connectivity index (χ2v) is 8.76. The summed E-state index contributed by atoms with van der Waals surface area (Å²) in [6.45, 7) is 1.17. The number of para-hydroxylation sites is 1. The highest BCUT2D eigenvalue weighted by atomic mass is 16.7. The van der Waals surface area contributed by atoms with Gasteiger partial charge in [-0.15, -0.1) is 10.2 Å². The molecule has 4 aromatic rings. The molecule has 2 aromatic carbocycles. The number of carbonyl (C=O) groups is 1. The van der Waals surface area contributed by atoms with Crippen molar-refractivity contribution >= 4 is 28.3 Å². The minimum absolute atomic E-state index is 0.0948. The van der Waals surface area contributed by atoms with Crippen molar-refractivity contribution < 1.29 is 19.4 Å². The molecule has 1 amide bonds. The number of carbonyl (C=O) groups excluding carboxylic acids is 1. The number of hydrogen-bond donors (Lipinski definition) is 2. The smallest absolute Gasteiger partial charge is 0.231 e. The van der Waals surface area contributed by atoms with Gasteiger partial charge in [-0.25, -0.2) is 0 Å². The lowest BCUT2D eigenvalue weighted by molar-refractivity contribution is -0.115. The number of aromatic nitrogens is 3. The molecule has 0 bridgehead atoms. The van der Waals surface area contributed by atoms with Crippen molar-refractivity contribution in [3.05, 3.63) is 66.4 Å². The molecule has 6 rings (SSSR count). The Balaban J connectivity index is 1.24. The van der Waals surface area contributed by atoms with Gasteiger partial charge in [-0.3, -0.25) is 9.36 Å². The highest BCUT2D eigenvalue weighted by molar-refractivity contribution is 5.96. The number of ether oxygens (including phenoxy) is 2. The van der Waals surface area contributed by atoms with Crippen LogP contribution in [0, 0.1) is 0 Å². The zero-order valence-electron chi connectivity index (χ0n) is 19.1. The SMILES string of the molecule is O=C(Cc1cn(-c2ccc(N3CCCC3CO)nn2)c2ccccc12)Nc1ccc2c(c1)OCO2. The lowest BCUT2D eigenvalue weighted by Crippen LogP contribution is -2.32. The van der Waals surface area contributed by atoms with E-state index in [0.717, 1.165) is 41.7 Å². The van der Waals surface area contributed by atoms with Crippen LogP contribution in [0.1, 0.15) is 18.4 Å². The van der Waals surface area contributed by atoms with Crippen LogP contribution in [0.4, 0.5) is 11.5 Å². The summed E-state index contributed by atoms with van der Waals surface area (Å²) < 4.78 is 12.7. The fourth-order valence-corrected chi connectivity index (χ4v) is 4.86. The minimum atomic E-state index is -0.128. The monoisotopic (exact) mass is 471 g/mol. The molecule has 1 fully saturated rings. The molecule has 4 heterocycles. The number of hydrogen-bond acceptors (Lipinski definition) is 7. The van der Waals surface area contributed by atoms with Gasteiger partial charge >= 0.3 is 0 Å². The van der Waals surface area contributed by atoms with E-state index in [4.69, 9.17) is 9.47 Å². The van der Waals surface area contributed by atoms with Crippen LogP contribution in [0.15, 0.2) is 60.8 Å². The summed E-state index contributed by atoms with van der Waals surface area (Å²) in [6.07, 6.45) is 4.15. The molecule has 0 radical (unpaired) electrons. The first-order valence-corrected chi connectivity index (χ1v) is 11.7. The molecular formula is C26H25N5O4. The normalized spacial score (nSPS) is 16.7. The molecule has 9 nitrogen and oxygen atoms in total. The average Bonchev–Trinajstić information content (AvgIpc) is 3.63. The van der Waals surface area contributed by atoms with Gasteiger partial charge in [0.05, 0.1) is 24.6 Å². The highest BCUT2D eigenvalue weighted by Crippen LogP contribution is 2.34. The number of benzene rings is 2. The highest BCUT2D eigenvalue weighted by Gasteiger charge is 2.25. The van der Waals surface area contributed by atoms with Gasteiger partial charge in [0, 0.05) is 29.9 Å².